The molecule has 0 heterocycles. The van der Waals surface area contributed by atoms with Crippen molar-refractivity contribution in [2.24, 2.45) is 0 Å². The molecule has 0 bridgehead atoms. The normalized spacial score (nSPS) is 9.18. The summed E-state index contributed by atoms with van der Waals surface area (Å²) >= 11 is 3.07. The third-order valence-corrected chi connectivity index (χ3v) is 1.90. The summed E-state index contributed by atoms with van der Waals surface area (Å²) < 4.78 is 13.1. The molecule has 1 aromatic rings. The maximum Gasteiger partial charge on any atom is 0.137 e. The molecule has 2 heteroatoms. The summed E-state index contributed by atoms with van der Waals surface area (Å²) in [7, 11) is 0. The summed E-state index contributed by atoms with van der Waals surface area (Å²) in [5, 5.41) is 0. The van der Waals surface area contributed by atoms with E-state index in [9.17, 15) is 4.39 Å². The van der Waals surface area contributed by atoms with Gasteiger partial charge in [-0.3, -0.25) is 0 Å². The van der Waals surface area contributed by atoms with Gasteiger partial charge in [0.25, 0.3) is 0 Å². The van der Waals surface area contributed by atoms with Crippen LogP contribution in [0.15, 0.2) is 22.7 Å². The average molecular weight is 213 g/mol. The predicted molar refractivity (Wildman–Crippen MR) is 46.6 cm³/mol. The Balaban J connectivity index is 2.98. The fourth-order valence-electron chi connectivity index (χ4n) is 0.767. The summed E-state index contributed by atoms with van der Waals surface area (Å²) in [6.07, 6.45) is 5.63. The van der Waals surface area contributed by atoms with Crippen LogP contribution >= 0.6 is 15.9 Å². The molecule has 0 aromatic heterocycles. The maximum absolute atomic E-state index is 12.6. The zero-order valence-electron chi connectivity index (χ0n) is 5.77. The number of terminal acetylenes is 1. The van der Waals surface area contributed by atoms with E-state index >= 15 is 0 Å². The number of rotatable bonds is 1. The van der Waals surface area contributed by atoms with Crippen molar-refractivity contribution in [2.45, 2.75) is 6.42 Å². The Morgan fingerprint density at radius 1 is 1.55 bits per heavy atom. The smallest absolute Gasteiger partial charge is 0.137 e. The predicted octanol–water partition coefficient (Wildman–Crippen LogP) is 2.76. The van der Waals surface area contributed by atoms with E-state index in [2.05, 4.69) is 21.9 Å². The Morgan fingerprint density at radius 2 is 2.27 bits per heavy atom. The molecule has 0 unspecified atom stereocenters. The van der Waals surface area contributed by atoms with Gasteiger partial charge in [0.15, 0.2) is 0 Å². The highest BCUT2D eigenvalue weighted by atomic mass is 79.9. The zero-order chi connectivity index (χ0) is 8.27. The van der Waals surface area contributed by atoms with Crippen molar-refractivity contribution in [1.29, 1.82) is 0 Å². The lowest BCUT2D eigenvalue weighted by atomic mass is 10.2. The van der Waals surface area contributed by atoms with Gasteiger partial charge >= 0.3 is 0 Å². The number of hydrogen-bond donors (Lipinski definition) is 0. The lowest BCUT2D eigenvalue weighted by molar-refractivity contribution is 0.620. The van der Waals surface area contributed by atoms with E-state index in [0.29, 0.717) is 10.9 Å². The Morgan fingerprint density at radius 3 is 2.82 bits per heavy atom. The van der Waals surface area contributed by atoms with Crippen LogP contribution in [0, 0.1) is 18.2 Å². The van der Waals surface area contributed by atoms with Gasteiger partial charge in [-0.2, -0.15) is 0 Å². The van der Waals surface area contributed by atoms with Crippen LogP contribution in [0.1, 0.15) is 5.56 Å². The van der Waals surface area contributed by atoms with Gasteiger partial charge in [0.05, 0.1) is 4.47 Å². The number of hydrogen-bond acceptors (Lipinski definition) is 0. The third-order valence-electron chi connectivity index (χ3n) is 1.29. The van der Waals surface area contributed by atoms with Crippen LogP contribution in [-0.4, -0.2) is 0 Å². The summed E-state index contributed by atoms with van der Waals surface area (Å²) in [5.74, 6) is 2.23. The van der Waals surface area contributed by atoms with Crippen LogP contribution in [-0.2, 0) is 6.42 Å². The van der Waals surface area contributed by atoms with Gasteiger partial charge < -0.3 is 0 Å². The second-order valence-electron chi connectivity index (χ2n) is 2.13. The molecule has 1 rings (SSSR count). The van der Waals surface area contributed by atoms with Crippen LogP contribution in [0.2, 0.25) is 0 Å². The van der Waals surface area contributed by atoms with Crippen molar-refractivity contribution < 1.29 is 4.39 Å². The largest absolute Gasteiger partial charge is 0.206 e. The highest BCUT2D eigenvalue weighted by Gasteiger charge is 1.98. The second kappa shape index (κ2) is 3.54. The molecule has 0 aliphatic carbocycles. The van der Waals surface area contributed by atoms with Gasteiger partial charge in [-0.15, -0.1) is 12.3 Å². The van der Waals surface area contributed by atoms with Crippen LogP contribution in [0.25, 0.3) is 0 Å². The standard InChI is InChI=1S/C9H6BrF/c1-2-3-7-4-5-9(11)8(10)6-7/h1,4-6H,3H2. The fourth-order valence-corrected chi connectivity index (χ4v) is 1.19. The van der Waals surface area contributed by atoms with E-state index in [-0.39, 0.29) is 5.82 Å². The molecule has 0 radical (unpaired) electrons. The van der Waals surface area contributed by atoms with E-state index in [1.807, 2.05) is 0 Å². The summed E-state index contributed by atoms with van der Waals surface area (Å²) in [6, 6.07) is 4.77. The lowest BCUT2D eigenvalue weighted by Crippen LogP contribution is -1.83. The van der Waals surface area contributed by atoms with Gasteiger partial charge in [-0.05, 0) is 33.6 Å². The molecular weight excluding hydrogens is 207 g/mol. The van der Waals surface area contributed by atoms with E-state index in [0.717, 1.165) is 5.56 Å². The molecule has 0 fully saturated rings. The summed E-state index contributed by atoms with van der Waals surface area (Å²) in [5.41, 5.74) is 0.945. The minimum Gasteiger partial charge on any atom is -0.206 e. The molecule has 0 aliphatic heterocycles. The topological polar surface area (TPSA) is 0 Å². The summed E-state index contributed by atoms with van der Waals surface area (Å²) in [6.45, 7) is 0. The minimum absolute atomic E-state index is 0.259. The Hall–Kier alpha value is -0.810. The number of benzene rings is 1. The van der Waals surface area contributed by atoms with Gasteiger partial charge in [0.2, 0.25) is 0 Å². The van der Waals surface area contributed by atoms with Crippen LogP contribution in [0.3, 0.4) is 0 Å². The average Bonchev–Trinajstić information content (AvgIpc) is 1.98. The first kappa shape index (κ1) is 8.29. The first-order valence-corrected chi connectivity index (χ1v) is 3.90. The molecule has 0 amide bonds. The molecule has 0 saturated heterocycles. The molecule has 0 saturated carbocycles. The molecular formula is C9H6BrF. The van der Waals surface area contributed by atoms with E-state index in [1.54, 1.807) is 12.1 Å². The maximum atomic E-state index is 12.6. The van der Waals surface area contributed by atoms with Crippen LogP contribution in [0.4, 0.5) is 4.39 Å². The molecule has 0 nitrogen and oxygen atoms in total. The highest BCUT2D eigenvalue weighted by Crippen LogP contribution is 2.16. The minimum atomic E-state index is -0.259. The van der Waals surface area contributed by atoms with Crippen LogP contribution < -0.4 is 0 Å². The summed E-state index contributed by atoms with van der Waals surface area (Å²) in [4.78, 5) is 0. The fraction of sp³-hybridized carbons (Fsp3) is 0.111. The third kappa shape index (κ3) is 2.06. The molecule has 11 heavy (non-hydrogen) atoms. The molecule has 0 aliphatic rings. The van der Waals surface area contributed by atoms with Gasteiger partial charge in [0.1, 0.15) is 5.82 Å². The van der Waals surface area contributed by atoms with E-state index in [1.165, 1.54) is 6.07 Å². The SMILES string of the molecule is C#CCc1ccc(F)c(Br)c1. The lowest BCUT2D eigenvalue weighted by Gasteiger charge is -1.96. The van der Waals surface area contributed by atoms with Crippen molar-refractivity contribution in [1.82, 2.24) is 0 Å². The molecule has 0 spiro atoms. The van der Waals surface area contributed by atoms with Crippen molar-refractivity contribution >= 4 is 15.9 Å². The van der Waals surface area contributed by atoms with Gasteiger partial charge in [-0.1, -0.05) is 6.07 Å². The van der Waals surface area contributed by atoms with Crippen molar-refractivity contribution in [3.63, 3.8) is 0 Å². The Kier molecular flexibility index (Phi) is 2.67. The quantitative estimate of drug-likeness (QED) is 0.629. The first-order chi connectivity index (χ1) is 5.24. The van der Waals surface area contributed by atoms with Crippen molar-refractivity contribution in [2.75, 3.05) is 0 Å². The van der Waals surface area contributed by atoms with Crippen molar-refractivity contribution in [3.8, 4) is 12.3 Å². The van der Waals surface area contributed by atoms with Gasteiger partial charge in [-0.25, -0.2) is 4.39 Å². The molecule has 56 valence electrons. The monoisotopic (exact) mass is 212 g/mol. The number of halogens is 2. The van der Waals surface area contributed by atoms with Crippen LogP contribution in [0.5, 0.6) is 0 Å². The Labute approximate surface area is 73.6 Å². The molecule has 0 N–H and O–H groups in total. The Bertz CT molecular complexity index is 299. The molecule has 0 atom stereocenters. The van der Waals surface area contributed by atoms with Gasteiger partial charge in [0, 0.05) is 6.42 Å². The van der Waals surface area contributed by atoms with E-state index < -0.39 is 0 Å². The van der Waals surface area contributed by atoms with Crippen molar-refractivity contribution in [3.05, 3.63) is 34.1 Å². The van der Waals surface area contributed by atoms with E-state index in [4.69, 9.17) is 6.42 Å². The molecule has 1 aromatic carbocycles. The second-order valence-corrected chi connectivity index (χ2v) is 2.98. The highest BCUT2D eigenvalue weighted by molar-refractivity contribution is 9.10. The first-order valence-electron chi connectivity index (χ1n) is 3.11. The zero-order valence-corrected chi connectivity index (χ0v) is 7.36.